The molecular formula is C9H18O2. The Morgan fingerprint density at radius 2 is 2.09 bits per heavy atom. The summed E-state index contributed by atoms with van der Waals surface area (Å²) < 4.78 is 5.47. The molecule has 1 aliphatic heterocycles. The first-order valence-electron chi connectivity index (χ1n) is 4.41. The summed E-state index contributed by atoms with van der Waals surface area (Å²) in [4.78, 5) is 0. The second-order valence-corrected chi connectivity index (χ2v) is 3.90. The molecule has 2 nitrogen and oxygen atoms in total. The summed E-state index contributed by atoms with van der Waals surface area (Å²) in [5, 5.41) is 9.35. The molecule has 0 spiro atoms. The first-order chi connectivity index (χ1) is 5.11. The summed E-state index contributed by atoms with van der Waals surface area (Å²) in [5.74, 6) is 0.973. The molecule has 0 aromatic rings. The lowest BCUT2D eigenvalue weighted by Gasteiger charge is -2.33. The lowest BCUT2D eigenvalue weighted by molar-refractivity contribution is -0.0985. The molecule has 0 aliphatic carbocycles. The number of rotatable bonds is 1. The fraction of sp³-hybridized carbons (Fsp3) is 1.00. The minimum absolute atomic E-state index is 0.245. The van der Waals surface area contributed by atoms with Gasteiger partial charge in [-0.2, -0.15) is 0 Å². The molecule has 1 unspecified atom stereocenters. The average Bonchev–Trinajstić information content (AvgIpc) is 1.94. The van der Waals surface area contributed by atoms with Crippen LogP contribution in [0.2, 0.25) is 0 Å². The Bertz CT molecular complexity index is 123. The highest BCUT2D eigenvalue weighted by atomic mass is 16.5. The molecule has 66 valence electrons. The Kier molecular flexibility index (Phi) is 2.90. The smallest absolute Gasteiger partial charge is 0.0800 e. The molecule has 0 aromatic carbocycles. The van der Waals surface area contributed by atoms with Gasteiger partial charge in [-0.05, 0) is 18.3 Å². The SMILES string of the molecule is CC(C)[C@H]1C[C@@H](C)C(O)CO1. The molecule has 0 aromatic heterocycles. The molecule has 0 amide bonds. The molecule has 3 atom stereocenters. The van der Waals surface area contributed by atoms with Gasteiger partial charge in [-0.1, -0.05) is 20.8 Å². The highest BCUT2D eigenvalue weighted by Crippen LogP contribution is 2.24. The predicted molar refractivity (Wildman–Crippen MR) is 44.4 cm³/mol. The van der Waals surface area contributed by atoms with E-state index in [1.807, 2.05) is 0 Å². The monoisotopic (exact) mass is 158 g/mol. The fourth-order valence-electron chi connectivity index (χ4n) is 1.44. The maximum Gasteiger partial charge on any atom is 0.0800 e. The van der Waals surface area contributed by atoms with Crippen LogP contribution in [0.15, 0.2) is 0 Å². The zero-order valence-electron chi connectivity index (χ0n) is 7.58. The van der Waals surface area contributed by atoms with Gasteiger partial charge < -0.3 is 9.84 Å². The van der Waals surface area contributed by atoms with Gasteiger partial charge in [0.25, 0.3) is 0 Å². The topological polar surface area (TPSA) is 29.5 Å². The normalized spacial score (nSPS) is 39.5. The van der Waals surface area contributed by atoms with Crippen LogP contribution in [-0.4, -0.2) is 23.9 Å². The number of aliphatic hydroxyl groups is 1. The van der Waals surface area contributed by atoms with Crippen LogP contribution in [-0.2, 0) is 4.74 Å². The Hall–Kier alpha value is -0.0800. The van der Waals surface area contributed by atoms with E-state index in [2.05, 4.69) is 20.8 Å². The number of hydrogen-bond acceptors (Lipinski definition) is 2. The fourth-order valence-corrected chi connectivity index (χ4v) is 1.44. The first-order valence-corrected chi connectivity index (χ1v) is 4.41. The average molecular weight is 158 g/mol. The molecule has 1 saturated heterocycles. The molecular weight excluding hydrogens is 140 g/mol. The van der Waals surface area contributed by atoms with E-state index in [0.29, 0.717) is 24.5 Å². The summed E-state index contributed by atoms with van der Waals surface area (Å²) >= 11 is 0. The molecule has 1 rings (SSSR count). The van der Waals surface area contributed by atoms with Crippen molar-refractivity contribution in [3.05, 3.63) is 0 Å². The molecule has 0 radical (unpaired) electrons. The van der Waals surface area contributed by atoms with Crippen molar-refractivity contribution < 1.29 is 9.84 Å². The van der Waals surface area contributed by atoms with E-state index in [-0.39, 0.29) is 6.10 Å². The highest BCUT2D eigenvalue weighted by molar-refractivity contribution is 4.76. The van der Waals surface area contributed by atoms with Crippen LogP contribution in [0.4, 0.5) is 0 Å². The zero-order valence-corrected chi connectivity index (χ0v) is 7.58. The van der Waals surface area contributed by atoms with Crippen molar-refractivity contribution in [3.8, 4) is 0 Å². The Labute approximate surface area is 68.6 Å². The van der Waals surface area contributed by atoms with Gasteiger partial charge in [0.1, 0.15) is 0 Å². The van der Waals surface area contributed by atoms with Gasteiger partial charge in [0, 0.05) is 0 Å². The van der Waals surface area contributed by atoms with Crippen molar-refractivity contribution in [3.63, 3.8) is 0 Å². The maximum atomic E-state index is 9.35. The van der Waals surface area contributed by atoms with E-state index in [1.165, 1.54) is 0 Å². The third-order valence-electron chi connectivity index (χ3n) is 2.49. The van der Waals surface area contributed by atoms with Crippen LogP contribution in [0.5, 0.6) is 0 Å². The van der Waals surface area contributed by atoms with E-state index >= 15 is 0 Å². The van der Waals surface area contributed by atoms with Crippen LogP contribution in [0.25, 0.3) is 0 Å². The van der Waals surface area contributed by atoms with Gasteiger partial charge in [0.15, 0.2) is 0 Å². The van der Waals surface area contributed by atoms with Crippen LogP contribution in [0, 0.1) is 11.8 Å². The third kappa shape index (κ3) is 2.17. The van der Waals surface area contributed by atoms with Gasteiger partial charge >= 0.3 is 0 Å². The van der Waals surface area contributed by atoms with Crippen LogP contribution in [0.1, 0.15) is 27.2 Å². The largest absolute Gasteiger partial charge is 0.390 e. The van der Waals surface area contributed by atoms with E-state index in [0.717, 1.165) is 6.42 Å². The van der Waals surface area contributed by atoms with Crippen LogP contribution < -0.4 is 0 Å². The second-order valence-electron chi connectivity index (χ2n) is 3.90. The lowest BCUT2D eigenvalue weighted by Crippen LogP contribution is -2.38. The molecule has 0 saturated carbocycles. The minimum atomic E-state index is -0.245. The maximum absolute atomic E-state index is 9.35. The number of ether oxygens (including phenoxy) is 1. The predicted octanol–water partition coefficient (Wildman–Crippen LogP) is 1.43. The van der Waals surface area contributed by atoms with Crippen LogP contribution >= 0.6 is 0 Å². The zero-order chi connectivity index (χ0) is 8.43. The summed E-state index contributed by atoms with van der Waals surface area (Å²) in [5.41, 5.74) is 0. The number of aliphatic hydroxyl groups excluding tert-OH is 1. The number of hydrogen-bond donors (Lipinski definition) is 1. The standard InChI is InChI=1S/C9H18O2/c1-6(2)9-4-7(3)8(10)5-11-9/h6-10H,4-5H2,1-3H3/t7-,8?,9-/m1/s1. The van der Waals surface area contributed by atoms with Crippen molar-refractivity contribution in [1.82, 2.24) is 0 Å². The van der Waals surface area contributed by atoms with Gasteiger partial charge in [-0.15, -0.1) is 0 Å². The van der Waals surface area contributed by atoms with Crippen LogP contribution in [0.3, 0.4) is 0 Å². The Morgan fingerprint density at radius 1 is 1.45 bits per heavy atom. The summed E-state index contributed by atoms with van der Waals surface area (Å²) in [6, 6.07) is 0. The van der Waals surface area contributed by atoms with E-state index in [1.54, 1.807) is 0 Å². The van der Waals surface area contributed by atoms with Gasteiger partial charge in [-0.25, -0.2) is 0 Å². The lowest BCUT2D eigenvalue weighted by atomic mass is 9.90. The molecule has 0 bridgehead atoms. The van der Waals surface area contributed by atoms with E-state index in [4.69, 9.17) is 4.74 Å². The molecule has 1 heterocycles. The first kappa shape index (κ1) is 9.01. The summed E-state index contributed by atoms with van der Waals surface area (Å²) in [6.07, 6.45) is 1.11. The van der Waals surface area contributed by atoms with Crippen molar-refractivity contribution in [1.29, 1.82) is 0 Å². The van der Waals surface area contributed by atoms with Crippen molar-refractivity contribution >= 4 is 0 Å². The molecule has 1 aliphatic rings. The van der Waals surface area contributed by atoms with Gasteiger partial charge in [-0.3, -0.25) is 0 Å². The minimum Gasteiger partial charge on any atom is -0.390 e. The van der Waals surface area contributed by atoms with Gasteiger partial charge in [0.2, 0.25) is 0 Å². The Morgan fingerprint density at radius 3 is 2.55 bits per heavy atom. The molecule has 2 heteroatoms. The van der Waals surface area contributed by atoms with Gasteiger partial charge in [0.05, 0.1) is 18.8 Å². The highest BCUT2D eigenvalue weighted by Gasteiger charge is 2.27. The van der Waals surface area contributed by atoms with E-state index < -0.39 is 0 Å². The molecule has 11 heavy (non-hydrogen) atoms. The summed E-state index contributed by atoms with van der Waals surface area (Å²) in [6.45, 7) is 6.93. The molecule has 1 N–H and O–H groups in total. The third-order valence-corrected chi connectivity index (χ3v) is 2.49. The summed E-state index contributed by atoms with van der Waals surface area (Å²) in [7, 11) is 0. The second kappa shape index (κ2) is 3.55. The van der Waals surface area contributed by atoms with E-state index in [9.17, 15) is 5.11 Å². The van der Waals surface area contributed by atoms with Crippen molar-refractivity contribution in [2.24, 2.45) is 11.8 Å². The Balaban J connectivity index is 2.40. The van der Waals surface area contributed by atoms with Crippen molar-refractivity contribution in [2.45, 2.75) is 39.4 Å². The quantitative estimate of drug-likeness (QED) is 0.625. The van der Waals surface area contributed by atoms with Crippen molar-refractivity contribution in [2.75, 3.05) is 6.61 Å². The molecule has 1 fully saturated rings.